The molecule has 1 aliphatic rings. The van der Waals surface area contributed by atoms with Crippen LogP contribution in [-0.4, -0.2) is 47.1 Å². The fraction of sp³-hybridized carbons (Fsp3) is 0.450. The number of rotatable bonds is 4. The van der Waals surface area contributed by atoms with Gasteiger partial charge in [-0.05, 0) is 23.1 Å². The van der Waals surface area contributed by atoms with Crippen LogP contribution < -0.4 is 9.47 Å². The molecule has 0 radical (unpaired) electrons. The van der Waals surface area contributed by atoms with Crippen molar-refractivity contribution in [2.24, 2.45) is 0 Å². The average Bonchev–Trinajstić information content (AvgIpc) is 3.09. The van der Waals surface area contributed by atoms with E-state index in [0.29, 0.717) is 30.4 Å². The molecule has 0 N–H and O–H groups in total. The highest BCUT2D eigenvalue weighted by atomic mass is 16.5. The number of carbonyl (C=O) groups is 1. The van der Waals surface area contributed by atoms with Gasteiger partial charge in [0.05, 0.1) is 26.0 Å². The first-order valence-corrected chi connectivity index (χ1v) is 8.79. The van der Waals surface area contributed by atoms with Crippen LogP contribution in [0.3, 0.4) is 0 Å². The maximum atomic E-state index is 12.7. The molecule has 138 valence electrons. The topological polar surface area (TPSA) is 64.6 Å². The van der Waals surface area contributed by atoms with Crippen molar-refractivity contribution in [3.05, 3.63) is 47.8 Å². The Kier molecular flexibility index (Phi) is 5.11. The second-order valence-electron chi connectivity index (χ2n) is 7.51. The predicted octanol–water partition coefficient (Wildman–Crippen LogP) is 3.08. The molecule has 0 aliphatic carbocycles. The van der Waals surface area contributed by atoms with E-state index in [9.17, 15) is 4.79 Å². The Bertz CT molecular complexity index is 769. The number of aromatic nitrogens is 2. The van der Waals surface area contributed by atoms with Crippen LogP contribution in [0.15, 0.2) is 36.7 Å². The van der Waals surface area contributed by atoms with E-state index in [1.54, 1.807) is 6.20 Å². The number of hydrogen-bond donors (Lipinski definition) is 0. The molecule has 3 rings (SSSR count). The summed E-state index contributed by atoms with van der Waals surface area (Å²) in [7, 11) is 1.54. The van der Waals surface area contributed by atoms with Crippen LogP contribution in [0.1, 0.15) is 43.1 Å². The zero-order valence-corrected chi connectivity index (χ0v) is 15.7. The van der Waals surface area contributed by atoms with Crippen molar-refractivity contribution < 1.29 is 14.3 Å². The molecule has 1 aromatic heterocycles. The Hall–Kier alpha value is -2.63. The largest absolute Gasteiger partial charge is 0.480 e. The summed E-state index contributed by atoms with van der Waals surface area (Å²) in [6.45, 7) is 7.69. The van der Waals surface area contributed by atoms with Crippen LogP contribution in [0.5, 0.6) is 11.8 Å². The first kappa shape index (κ1) is 18.2. The summed E-state index contributed by atoms with van der Waals surface area (Å²) in [5, 5.41) is 0. The lowest BCUT2D eigenvalue weighted by atomic mass is 9.86. The molecular formula is C20H25N3O3. The first-order chi connectivity index (χ1) is 12.4. The SMILES string of the molecule is COc1cncc(OC2CCN(C(=O)c3ccc(C(C)(C)C)cc3)C2)n1. The molecule has 1 fully saturated rings. The van der Waals surface area contributed by atoms with E-state index < -0.39 is 0 Å². The molecule has 0 bridgehead atoms. The molecule has 2 heterocycles. The van der Waals surface area contributed by atoms with Crippen molar-refractivity contribution in [3.63, 3.8) is 0 Å². The van der Waals surface area contributed by atoms with Gasteiger partial charge in [-0.3, -0.25) is 9.78 Å². The molecule has 0 spiro atoms. The molecule has 1 aromatic carbocycles. The van der Waals surface area contributed by atoms with Crippen LogP contribution in [0.4, 0.5) is 0 Å². The fourth-order valence-electron chi connectivity index (χ4n) is 2.96. The Morgan fingerprint density at radius 3 is 2.50 bits per heavy atom. The molecule has 1 atom stereocenters. The Balaban J connectivity index is 1.62. The number of likely N-dealkylation sites (tertiary alicyclic amines) is 1. The van der Waals surface area contributed by atoms with Gasteiger partial charge in [0.2, 0.25) is 11.8 Å². The normalized spacial score (nSPS) is 17.2. The predicted molar refractivity (Wildman–Crippen MR) is 98.7 cm³/mol. The van der Waals surface area contributed by atoms with E-state index >= 15 is 0 Å². The Morgan fingerprint density at radius 1 is 1.15 bits per heavy atom. The van der Waals surface area contributed by atoms with E-state index in [1.165, 1.54) is 18.9 Å². The quantitative estimate of drug-likeness (QED) is 0.843. The summed E-state index contributed by atoms with van der Waals surface area (Å²) < 4.78 is 10.9. The van der Waals surface area contributed by atoms with Crippen LogP contribution in [0.2, 0.25) is 0 Å². The molecule has 26 heavy (non-hydrogen) atoms. The van der Waals surface area contributed by atoms with E-state index in [2.05, 4.69) is 30.7 Å². The van der Waals surface area contributed by atoms with Crippen molar-refractivity contribution in [3.8, 4) is 11.8 Å². The van der Waals surface area contributed by atoms with Crippen LogP contribution in [0, 0.1) is 0 Å². The molecule has 1 unspecified atom stereocenters. The minimum Gasteiger partial charge on any atom is -0.480 e. The number of amides is 1. The zero-order valence-electron chi connectivity index (χ0n) is 15.7. The molecule has 0 saturated carbocycles. The number of nitrogens with zero attached hydrogens (tertiary/aromatic N) is 3. The first-order valence-electron chi connectivity index (χ1n) is 8.79. The van der Waals surface area contributed by atoms with Crippen molar-refractivity contribution >= 4 is 5.91 Å². The maximum absolute atomic E-state index is 12.7. The highest BCUT2D eigenvalue weighted by Gasteiger charge is 2.29. The molecule has 1 saturated heterocycles. The number of hydrogen-bond acceptors (Lipinski definition) is 5. The molecule has 6 nitrogen and oxygen atoms in total. The highest BCUT2D eigenvalue weighted by molar-refractivity contribution is 5.94. The number of benzene rings is 1. The van der Waals surface area contributed by atoms with Gasteiger partial charge in [-0.2, -0.15) is 4.98 Å². The van der Waals surface area contributed by atoms with Crippen molar-refractivity contribution in [1.29, 1.82) is 0 Å². The van der Waals surface area contributed by atoms with Crippen molar-refractivity contribution in [2.75, 3.05) is 20.2 Å². The van der Waals surface area contributed by atoms with Crippen LogP contribution >= 0.6 is 0 Å². The lowest BCUT2D eigenvalue weighted by Gasteiger charge is -2.20. The van der Waals surface area contributed by atoms with Gasteiger partial charge >= 0.3 is 0 Å². The minimum absolute atomic E-state index is 0.0354. The van der Waals surface area contributed by atoms with Crippen LogP contribution in [-0.2, 0) is 5.41 Å². The summed E-state index contributed by atoms with van der Waals surface area (Å²) in [5.74, 6) is 0.860. The van der Waals surface area contributed by atoms with Gasteiger partial charge < -0.3 is 14.4 Å². The third-order valence-electron chi connectivity index (χ3n) is 4.52. The van der Waals surface area contributed by atoms with E-state index in [4.69, 9.17) is 9.47 Å². The fourth-order valence-corrected chi connectivity index (χ4v) is 2.96. The van der Waals surface area contributed by atoms with Gasteiger partial charge in [-0.15, -0.1) is 0 Å². The average molecular weight is 355 g/mol. The Morgan fingerprint density at radius 2 is 1.85 bits per heavy atom. The second-order valence-corrected chi connectivity index (χ2v) is 7.51. The third kappa shape index (κ3) is 4.12. The summed E-state index contributed by atoms with van der Waals surface area (Å²) in [4.78, 5) is 22.8. The van der Waals surface area contributed by atoms with Gasteiger partial charge in [-0.1, -0.05) is 32.9 Å². The summed E-state index contributed by atoms with van der Waals surface area (Å²) >= 11 is 0. The maximum Gasteiger partial charge on any atom is 0.253 e. The Labute approximate surface area is 154 Å². The number of ether oxygens (including phenoxy) is 2. The lowest BCUT2D eigenvalue weighted by molar-refractivity contribution is 0.0771. The monoisotopic (exact) mass is 355 g/mol. The van der Waals surface area contributed by atoms with Gasteiger partial charge in [0.1, 0.15) is 6.10 Å². The summed E-state index contributed by atoms with van der Waals surface area (Å²) in [5.41, 5.74) is 2.00. The van der Waals surface area contributed by atoms with E-state index in [1.807, 2.05) is 29.2 Å². The van der Waals surface area contributed by atoms with Gasteiger partial charge in [0.25, 0.3) is 5.91 Å². The third-order valence-corrected chi connectivity index (χ3v) is 4.52. The molecule has 1 aliphatic heterocycles. The second kappa shape index (κ2) is 7.32. The van der Waals surface area contributed by atoms with Crippen LogP contribution in [0.25, 0.3) is 0 Å². The molecule has 2 aromatic rings. The molecule has 6 heteroatoms. The molecular weight excluding hydrogens is 330 g/mol. The lowest BCUT2D eigenvalue weighted by Crippen LogP contribution is -2.31. The van der Waals surface area contributed by atoms with E-state index in [-0.39, 0.29) is 17.4 Å². The van der Waals surface area contributed by atoms with Gasteiger partial charge in [0.15, 0.2) is 0 Å². The highest BCUT2D eigenvalue weighted by Crippen LogP contribution is 2.24. The van der Waals surface area contributed by atoms with Crippen molar-refractivity contribution in [2.45, 2.75) is 38.7 Å². The van der Waals surface area contributed by atoms with Crippen molar-refractivity contribution in [1.82, 2.24) is 14.9 Å². The summed E-state index contributed by atoms with van der Waals surface area (Å²) in [6, 6.07) is 7.88. The number of methoxy groups -OCH3 is 1. The molecule has 1 amide bonds. The minimum atomic E-state index is -0.0887. The van der Waals surface area contributed by atoms with Gasteiger partial charge in [0, 0.05) is 18.5 Å². The smallest absolute Gasteiger partial charge is 0.253 e. The van der Waals surface area contributed by atoms with Gasteiger partial charge in [-0.25, -0.2) is 0 Å². The summed E-state index contributed by atoms with van der Waals surface area (Å²) in [6.07, 6.45) is 3.76. The zero-order chi connectivity index (χ0) is 18.7. The standard InChI is InChI=1S/C20H25N3O3/c1-20(2,3)15-7-5-14(6-8-15)19(24)23-10-9-16(13-23)26-18-12-21-11-17(22-18)25-4/h5-8,11-12,16H,9-10,13H2,1-4H3. The van der Waals surface area contributed by atoms with E-state index in [0.717, 1.165) is 6.42 Å². The number of carbonyl (C=O) groups excluding carboxylic acids is 1.